The predicted octanol–water partition coefficient (Wildman–Crippen LogP) is 3.55. The van der Waals surface area contributed by atoms with Crippen molar-refractivity contribution in [2.75, 3.05) is 0 Å². The lowest BCUT2D eigenvalue weighted by atomic mass is 10.2. The van der Waals surface area contributed by atoms with E-state index >= 15 is 0 Å². The van der Waals surface area contributed by atoms with Crippen molar-refractivity contribution in [3.63, 3.8) is 0 Å². The lowest BCUT2D eigenvalue weighted by Gasteiger charge is -2.00. The lowest BCUT2D eigenvalue weighted by Crippen LogP contribution is -1.86. The summed E-state index contributed by atoms with van der Waals surface area (Å²) in [6.45, 7) is 0. The molecule has 0 fully saturated rings. The summed E-state index contributed by atoms with van der Waals surface area (Å²) in [4.78, 5) is 4.10. The van der Waals surface area contributed by atoms with Gasteiger partial charge in [-0.1, -0.05) is 24.3 Å². The third-order valence-electron chi connectivity index (χ3n) is 1.78. The number of pyridine rings is 1. The van der Waals surface area contributed by atoms with Crippen molar-refractivity contribution < 1.29 is 8.78 Å². The summed E-state index contributed by atoms with van der Waals surface area (Å²) >= 11 is 0.469. The molecule has 1 heterocycles. The minimum Gasteiger partial charge on any atom is -0.241 e. The Kier molecular flexibility index (Phi) is 2.63. The number of fused-ring (bicyclic) bond motifs is 1. The van der Waals surface area contributed by atoms with Crippen LogP contribution in [-0.4, -0.2) is 10.7 Å². The maximum absolute atomic E-state index is 12.0. The number of thioether (sulfide) groups is 1. The van der Waals surface area contributed by atoms with Gasteiger partial charge in [0.1, 0.15) is 5.03 Å². The number of aromatic nitrogens is 1. The molecule has 0 aliphatic heterocycles. The number of benzene rings is 1. The van der Waals surface area contributed by atoms with E-state index in [-0.39, 0.29) is 0 Å². The van der Waals surface area contributed by atoms with E-state index in [1.54, 1.807) is 12.1 Å². The summed E-state index contributed by atoms with van der Waals surface area (Å²) in [6.07, 6.45) is 0. The van der Waals surface area contributed by atoms with Gasteiger partial charge in [0.25, 0.3) is 5.76 Å². The van der Waals surface area contributed by atoms with Gasteiger partial charge in [0.05, 0.1) is 5.52 Å². The topological polar surface area (TPSA) is 12.9 Å². The number of nitrogens with zero attached hydrogens (tertiary/aromatic N) is 1. The van der Waals surface area contributed by atoms with Gasteiger partial charge < -0.3 is 0 Å². The van der Waals surface area contributed by atoms with Gasteiger partial charge in [-0.3, -0.25) is 0 Å². The molecule has 14 heavy (non-hydrogen) atoms. The van der Waals surface area contributed by atoms with Gasteiger partial charge in [0, 0.05) is 5.39 Å². The van der Waals surface area contributed by atoms with Crippen molar-refractivity contribution in [1.82, 2.24) is 4.98 Å². The van der Waals surface area contributed by atoms with Crippen LogP contribution >= 0.6 is 11.8 Å². The molecule has 0 saturated heterocycles. The van der Waals surface area contributed by atoms with Crippen molar-refractivity contribution in [2.24, 2.45) is 0 Å². The molecule has 0 amide bonds. The Bertz CT molecular complexity index is 445. The van der Waals surface area contributed by atoms with Gasteiger partial charge in [-0.15, -0.1) is 0 Å². The molecule has 0 aliphatic rings. The van der Waals surface area contributed by atoms with Crippen LogP contribution in [0.5, 0.6) is 0 Å². The second-order valence-electron chi connectivity index (χ2n) is 2.72. The molecule has 0 radical (unpaired) electrons. The van der Waals surface area contributed by atoms with E-state index in [2.05, 4.69) is 4.98 Å². The highest BCUT2D eigenvalue weighted by molar-refractivity contribution is 7.99. The maximum Gasteiger partial charge on any atom is 0.290 e. The standard InChI is InChI=1S/C10H7F2NS/c11-10(12)14-9-6-5-7-3-1-2-4-8(7)13-9/h1-6,10H. The fraction of sp³-hybridized carbons (Fsp3) is 0.100. The first-order valence-electron chi connectivity index (χ1n) is 4.06. The fourth-order valence-electron chi connectivity index (χ4n) is 1.20. The van der Waals surface area contributed by atoms with Crippen LogP contribution < -0.4 is 0 Å². The molecular formula is C10H7F2NS. The molecule has 1 aromatic carbocycles. The van der Waals surface area contributed by atoms with Crippen LogP contribution in [0.15, 0.2) is 41.4 Å². The quantitative estimate of drug-likeness (QED) is 0.704. The highest BCUT2D eigenvalue weighted by atomic mass is 32.2. The normalized spacial score (nSPS) is 11.1. The van der Waals surface area contributed by atoms with Crippen LogP contribution in [0.1, 0.15) is 0 Å². The van der Waals surface area contributed by atoms with Crippen LogP contribution in [0, 0.1) is 0 Å². The average molecular weight is 211 g/mol. The van der Waals surface area contributed by atoms with Crippen molar-refractivity contribution in [2.45, 2.75) is 10.8 Å². The number of rotatable bonds is 2. The second-order valence-corrected chi connectivity index (χ2v) is 3.73. The first-order chi connectivity index (χ1) is 6.75. The number of halogens is 2. The van der Waals surface area contributed by atoms with Gasteiger partial charge in [-0.05, 0) is 23.9 Å². The van der Waals surface area contributed by atoms with Crippen molar-refractivity contribution in [3.8, 4) is 0 Å². The Balaban J connectivity index is 2.41. The third kappa shape index (κ3) is 2.01. The summed E-state index contributed by atoms with van der Waals surface area (Å²) in [5.41, 5.74) is 0.748. The SMILES string of the molecule is FC(F)Sc1ccc2ccccc2n1. The van der Waals surface area contributed by atoms with Gasteiger partial charge in [-0.25, -0.2) is 4.98 Å². The number of alkyl halides is 2. The molecule has 0 unspecified atom stereocenters. The summed E-state index contributed by atoms with van der Waals surface area (Å²) in [5.74, 6) is -2.41. The Hall–Kier alpha value is -1.16. The van der Waals surface area contributed by atoms with E-state index in [1.807, 2.05) is 24.3 Å². The summed E-state index contributed by atoms with van der Waals surface area (Å²) in [5, 5.41) is 1.32. The summed E-state index contributed by atoms with van der Waals surface area (Å²) in [7, 11) is 0. The van der Waals surface area contributed by atoms with Crippen LogP contribution in [0.3, 0.4) is 0 Å². The van der Waals surface area contributed by atoms with Gasteiger partial charge in [0.2, 0.25) is 0 Å². The van der Waals surface area contributed by atoms with Crippen molar-refractivity contribution >= 4 is 22.7 Å². The maximum atomic E-state index is 12.0. The summed E-state index contributed by atoms with van der Waals surface area (Å²) < 4.78 is 24.1. The van der Waals surface area contributed by atoms with Crippen LogP contribution in [0.25, 0.3) is 10.9 Å². The molecule has 0 spiro atoms. The van der Waals surface area contributed by atoms with Crippen molar-refractivity contribution in [3.05, 3.63) is 36.4 Å². The monoisotopic (exact) mass is 211 g/mol. The molecule has 0 aliphatic carbocycles. The van der Waals surface area contributed by atoms with Crippen LogP contribution in [0.4, 0.5) is 8.78 Å². The Morgan fingerprint density at radius 1 is 1.07 bits per heavy atom. The molecule has 0 atom stereocenters. The zero-order chi connectivity index (χ0) is 9.97. The smallest absolute Gasteiger partial charge is 0.241 e. The fourth-order valence-corrected chi connectivity index (χ4v) is 1.68. The molecule has 1 aromatic heterocycles. The minimum absolute atomic E-state index is 0.360. The van der Waals surface area contributed by atoms with E-state index in [0.29, 0.717) is 16.8 Å². The van der Waals surface area contributed by atoms with Gasteiger partial charge >= 0.3 is 0 Å². The van der Waals surface area contributed by atoms with E-state index in [1.165, 1.54) is 0 Å². The molecule has 0 N–H and O–H groups in total. The van der Waals surface area contributed by atoms with E-state index in [0.717, 1.165) is 10.9 Å². The summed E-state index contributed by atoms with van der Waals surface area (Å²) in [6, 6.07) is 10.9. The van der Waals surface area contributed by atoms with Gasteiger partial charge in [0.15, 0.2) is 0 Å². The highest BCUT2D eigenvalue weighted by Crippen LogP contribution is 2.25. The lowest BCUT2D eigenvalue weighted by molar-refractivity contribution is 0.252. The average Bonchev–Trinajstić information content (AvgIpc) is 2.17. The van der Waals surface area contributed by atoms with E-state index in [4.69, 9.17) is 0 Å². The third-order valence-corrected chi connectivity index (χ3v) is 2.43. The van der Waals surface area contributed by atoms with E-state index < -0.39 is 5.76 Å². The molecule has 0 saturated carbocycles. The first-order valence-corrected chi connectivity index (χ1v) is 4.94. The molecule has 2 aromatic rings. The highest BCUT2D eigenvalue weighted by Gasteiger charge is 2.06. The van der Waals surface area contributed by atoms with Crippen LogP contribution in [0.2, 0.25) is 0 Å². The van der Waals surface area contributed by atoms with E-state index in [9.17, 15) is 8.78 Å². The van der Waals surface area contributed by atoms with Crippen LogP contribution in [-0.2, 0) is 0 Å². The molecule has 2 rings (SSSR count). The first kappa shape index (κ1) is 9.40. The zero-order valence-electron chi connectivity index (χ0n) is 7.15. The Morgan fingerprint density at radius 2 is 1.86 bits per heavy atom. The second kappa shape index (κ2) is 3.92. The number of hydrogen-bond donors (Lipinski definition) is 0. The molecule has 0 bridgehead atoms. The number of para-hydroxylation sites is 1. The molecule has 4 heteroatoms. The predicted molar refractivity (Wildman–Crippen MR) is 53.6 cm³/mol. The molecule has 72 valence electrons. The largest absolute Gasteiger partial charge is 0.290 e. The van der Waals surface area contributed by atoms with Crippen molar-refractivity contribution in [1.29, 1.82) is 0 Å². The Morgan fingerprint density at radius 3 is 2.64 bits per heavy atom. The molecule has 1 nitrogen and oxygen atoms in total. The minimum atomic E-state index is -2.41. The molecular weight excluding hydrogens is 204 g/mol. The Labute approximate surface area is 84.2 Å². The number of hydrogen-bond acceptors (Lipinski definition) is 2. The van der Waals surface area contributed by atoms with Gasteiger partial charge in [-0.2, -0.15) is 8.78 Å². The zero-order valence-corrected chi connectivity index (χ0v) is 7.97.